The molecule has 0 aromatic heterocycles. The third-order valence-corrected chi connectivity index (χ3v) is 7.07. The van der Waals surface area contributed by atoms with Gasteiger partial charge in [0.25, 0.3) is 15.9 Å². The second-order valence-corrected chi connectivity index (χ2v) is 8.79. The lowest BCUT2D eigenvalue weighted by Gasteiger charge is -2.21. The number of carbonyl (C=O) groups excluding carboxylic acids is 1. The molecule has 0 saturated carbocycles. The number of anilines is 1. The first-order chi connectivity index (χ1) is 12.5. The molecule has 0 bridgehead atoms. The van der Waals surface area contributed by atoms with E-state index in [2.05, 4.69) is 0 Å². The fourth-order valence-electron chi connectivity index (χ4n) is 3.77. The van der Waals surface area contributed by atoms with Crippen molar-refractivity contribution in [2.24, 2.45) is 0 Å². The molecule has 5 nitrogen and oxygen atoms in total. The lowest BCUT2D eigenvalue weighted by molar-refractivity contribution is 0.0792. The van der Waals surface area contributed by atoms with Gasteiger partial charge < -0.3 is 4.90 Å². The summed E-state index contributed by atoms with van der Waals surface area (Å²) in [5.41, 5.74) is 3.07. The molecule has 1 fully saturated rings. The highest BCUT2D eigenvalue weighted by molar-refractivity contribution is 7.92. The molecule has 1 saturated heterocycles. The third kappa shape index (κ3) is 2.78. The molecule has 0 unspecified atom stereocenters. The van der Waals surface area contributed by atoms with Crippen LogP contribution in [0.3, 0.4) is 0 Å². The maximum Gasteiger partial charge on any atom is 0.264 e. The van der Waals surface area contributed by atoms with Gasteiger partial charge in [0, 0.05) is 25.2 Å². The third-order valence-electron chi connectivity index (χ3n) is 5.27. The molecule has 26 heavy (non-hydrogen) atoms. The van der Waals surface area contributed by atoms with Gasteiger partial charge in [0.1, 0.15) is 0 Å². The topological polar surface area (TPSA) is 57.7 Å². The maximum atomic E-state index is 13.2. The lowest BCUT2D eigenvalue weighted by Crippen LogP contribution is -2.31. The second-order valence-electron chi connectivity index (χ2n) is 6.93. The Morgan fingerprint density at radius 3 is 2.50 bits per heavy atom. The number of sulfonamides is 1. The predicted molar refractivity (Wildman–Crippen MR) is 101 cm³/mol. The van der Waals surface area contributed by atoms with Crippen LogP contribution in [0.4, 0.5) is 5.69 Å². The average Bonchev–Trinajstić information content (AvgIpc) is 3.31. The Kier molecular flexibility index (Phi) is 4.23. The molecular weight excluding hydrogens is 348 g/mol. The van der Waals surface area contributed by atoms with Crippen LogP contribution < -0.4 is 4.31 Å². The average molecular weight is 370 g/mol. The summed E-state index contributed by atoms with van der Waals surface area (Å²) in [5.74, 6) is -0.0705. The summed E-state index contributed by atoms with van der Waals surface area (Å²) in [6, 6.07) is 12.5. The minimum Gasteiger partial charge on any atom is -0.339 e. The van der Waals surface area contributed by atoms with Crippen molar-refractivity contribution < 1.29 is 13.2 Å². The van der Waals surface area contributed by atoms with Crippen LogP contribution in [0.2, 0.25) is 0 Å². The van der Waals surface area contributed by atoms with Crippen LogP contribution in [0.25, 0.3) is 0 Å². The summed E-state index contributed by atoms with van der Waals surface area (Å²) >= 11 is 0. The van der Waals surface area contributed by atoms with Crippen LogP contribution in [0.1, 0.15) is 34.3 Å². The van der Waals surface area contributed by atoms with E-state index < -0.39 is 10.0 Å². The highest BCUT2D eigenvalue weighted by atomic mass is 32.2. The SMILES string of the molecule is Cc1ccc(S(=O)(=O)N2CCc3ccccc32)cc1C(=O)N1CCCC1. The van der Waals surface area contributed by atoms with E-state index in [-0.39, 0.29) is 10.8 Å². The fraction of sp³-hybridized carbons (Fsp3) is 0.350. The number of amides is 1. The molecule has 0 atom stereocenters. The monoisotopic (exact) mass is 370 g/mol. The van der Waals surface area contributed by atoms with Gasteiger partial charge >= 0.3 is 0 Å². The molecular formula is C20H22N2O3S. The van der Waals surface area contributed by atoms with Gasteiger partial charge in [-0.25, -0.2) is 8.42 Å². The molecule has 0 N–H and O–H groups in total. The summed E-state index contributed by atoms with van der Waals surface area (Å²) in [4.78, 5) is 14.8. The Hall–Kier alpha value is -2.34. The summed E-state index contributed by atoms with van der Waals surface area (Å²) in [6.45, 7) is 3.78. The molecule has 136 valence electrons. The van der Waals surface area contributed by atoms with Crippen molar-refractivity contribution in [3.8, 4) is 0 Å². The Labute approximate surface area is 154 Å². The molecule has 2 aliphatic rings. The largest absolute Gasteiger partial charge is 0.339 e. The van der Waals surface area contributed by atoms with Crippen molar-refractivity contribution in [2.45, 2.75) is 31.1 Å². The van der Waals surface area contributed by atoms with E-state index in [0.717, 1.165) is 42.7 Å². The minimum atomic E-state index is -3.69. The molecule has 4 rings (SSSR count). The molecule has 0 radical (unpaired) electrons. The van der Waals surface area contributed by atoms with Crippen LogP contribution >= 0.6 is 0 Å². The van der Waals surface area contributed by atoms with Crippen molar-refractivity contribution in [3.63, 3.8) is 0 Å². The number of nitrogens with zero attached hydrogens (tertiary/aromatic N) is 2. The van der Waals surface area contributed by atoms with Gasteiger partial charge in [-0.1, -0.05) is 24.3 Å². The van der Waals surface area contributed by atoms with Crippen LogP contribution in [0, 0.1) is 6.92 Å². The molecule has 1 amide bonds. The van der Waals surface area contributed by atoms with Gasteiger partial charge in [0.2, 0.25) is 0 Å². The smallest absolute Gasteiger partial charge is 0.264 e. The minimum absolute atomic E-state index is 0.0705. The van der Waals surface area contributed by atoms with Crippen LogP contribution in [0.5, 0.6) is 0 Å². The van der Waals surface area contributed by atoms with Crippen molar-refractivity contribution in [1.82, 2.24) is 4.90 Å². The number of aryl methyl sites for hydroxylation is 1. The molecule has 0 aliphatic carbocycles. The summed E-state index contributed by atoms with van der Waals surface area (Å²) in [7, 11) is -3.69. The number of hydrogen-bond acceptors (Lipinski definition) is 3. The first kappa shape index (κ1) is 17.1. The molecule has 6 heteroatoms. The van der Waals surface area contributed by atoms with Crippen LogP contribution in [-0.4, -0.2) is 38.9 Å². The van der Waals surface area contributed by atoms with Crippen molar-refractivity contribution in [1.29, 1.82) is 0 Å². The lowest BCUT2D eigenvalue weighted by atomic mass is 10.1. The Bertz CT molecular complexity index is 963. The van der Waals surface area contributed by atoms with Gasteiger partial charge in [0.15, 0.2) is 0 Å². The molecule has 2 aliphatic heterocycles. The zero-order chi connectivity index (χ0) is 18.3. The number of rotatable bonds is 3. The summed E-state index contributed by atoms with van der Waals surface area (Å²) in [6.07, 6.45) is 2.72. The maximum absolute atomic E-state index is 13.2. The first-order valence-corrected chi connectivity index (χ1v) is 10.4. The number of para-hydroxylation sites is 1. The fourth-order valence-corrected chi connectivity index (χ4v) is 5.30. The van der Waals surface area contributed by atoms with Gasteiger partial charge in [-0.05, 0) is 55.5 Å². The van der Waals surface area contributed by atoms with Crippen LogP contribution in [0.15, 0.2) is 47.4 Å². The number of benzene rings is 2. The molecule has 0 spiro atoms. The highest BCUT2D eigenvalue weighted by Gasteiger charge is 2.31. The van der Waals surface area contributed by atoms with E-state index in [1.807, 2.05) is 36.1 Å². The number of hydrogen-bond donors (Lipinski definition) is 0. The van der Waals surface area contributed by atoms with Gasteiger partial charge in [-0.3, -0.25) is 9.10 Å². The van der Waals surface area contributed by atoms with E-state index in [1.54, 1.807) is 18.2 Å². The van der Waals surface area contributed by atoms with Crippen LogP contribution in [-0.2, 0) is 16.4 Å². The summed E-state index contributed by atoms with van der Waals surface area (Å²) in [5, 5.41) is 0. The van der Waals surface area contributed by atoms with E-state index in [0.29, 0.717) is 18.5 Å². The Balaban J connectivity index is 1.72. The molecule has 2 aromatic rings. The van der Waals surface area contributed by atoms with E-state index in [9.17, 15) is 13.2 Å². The van der Waals surface area contributed by atoms with Crippen molar-refractivity contribution >= 4 is 21.6 Å². The quantitative estimate of drug-likeness (QED) is 0.835. The number of carbonyl (C=O) groups is 1. The van der Waals surface area contributed by atoms with Crippen molar-refractivity contribution in [3.05, 3.63) is 59.2 Å². The predicted octanol–water partition coefficient (Wildman–Crippen LogP) is 2.98. The van der Waals surface area contributed by atoms with Gasteiger partial charge in [-0.2, -0.15) is 0 Å². The zero-order valence-corrected chi connectivity index (χ0v) is 15.6. The number of fused-ring (bicyclic) bond motifs is 1. The normalized spacial score (nSPS) is 16.8. The zero-order valence-electron chi connectivity index (χ0n) is 14.8. The first-order valence-electron chi connectivity index (χ1n) is 8.99. The second kappa shape index (κ2) is 6.43. The van der Waals surface area contributed by atoms with Crippen molar-refractivity contribution in [2.75, 3.05) is 23.9 Å². The summed E-state index contributed by atoms with van der Waals surface area (Å²) < 4.78 is 27.9. The number of likely N-dealkylation sites (tertiary alicyclic amines) is 1. The molecule has 2 aromatic carbocycles. The van der Waals surface area contributed by atoms with E-state index in [4.69, 9.17) is 0 Å². The van der Waals surface area contributed by atoms with Gasteiger partial charge in [0.05, 0.1) is 10.6 Å². The van der Waals surface area contributed by atoms with Gasteiger partial charge in [-0.15, -0.1) is 0 Å². The highest BCUT2D eigenvalue weighted by Crippen LogP contribution is 2.33. The molecule has 2 heterocycles. The standard InChI is InChI=1S/C20H22N2O3S/c1-15-8-9-17(14-18(15)20(23)21-11-4-5-12-21)26(24,25)22-13-10-16-6-2-3-7-19(16)22/h2-3,6-9,14H,4-5,10-13H2,1H3. The van der Waals surface area contributed by atoms with E-state index >= 15 is 0 Å². The van der Waals surface area contributed by atoms with E-state index in [1.165, 1.54) is 4.31 Å². The Morgan fingerprint density at radius 2 is 1.73 bits per heavy atom. The Morgan fingerprint density at radius 1 is 1.00 bits per heavy atom.